The van der Waals surface area contributed by atoms with E-state index in [-0.39, 0.29) is 12.1 Å². The summed E-state index contributed by atoms with van der Waals surface area (Å²) in [4.78, 5) is 0.291. The molecule has 2 unspecified atom stereocenters. The fourth-order valence-electron chi connectivity index (χ4n) is 2.63. The third-order valence-corrected chi connectivity index (χ3v) is 5.27. The molecule has 0 aliphatic heterocycles. The zero-order valence-corrected chi connectivity index (χ0v) is 12.6. The highest BCUT2D eigenvalue weighted by atomic mass is 32.2. The summed E-state index contributed by atoms with van der Waals surface area (Å²) >= 11 is 0. The van der Waals surface area contributed by atoms with Gasteiger partial charge in [0.15, 0.2) is 0 Å². The predicted octanol–water partition coefficient (Wildman–Crippen LogP) is 1.67. The molecule has 0 radical (unpaired) electrons. The zero-order valence-electron chi connectivity index (χ0n) is 11.8. The number of sulfonamides is 1. The number of rotatable bonds is 5. The van der Waals surface area contributed by atoms with E-state index < -0.39 is 10.0 Å². The van der Waals surface area contributed by atoms with Gasteiger partial charge < -0.3 is 11.1 Å². The summed E-state index contributed by atoms with van der Waals surface area (Å²) in [5, 5.41) is 3.32. The highest BCUT2D eigenvalue weighted by Crippen LogP contribution is 2.25. The SMILES string of the molecule is CCNS(=O)(=O)c1ccccc1NC1CCCCC1N. The Labute approximate surface area is 121 Å². The second-order valence-corrected chi connectivity index (χ2v) is 6.93. The van der Waals surface area contributed by atoms with Crippen LogP contribution in [0.25, 0.3) is 0 Å². The van der Waals surface area contributed by atoms with Gasteiger partial charge in [-0.3, -0.25) is 0 Å². The lowest BCUT2D eigenvalue weighted by molar-refractivity contribution is 0.403. The first kappa shape index (κ1) is 15.3. The number of para-hydroxylation sites is 1. The first-order chi connectivity index (χ1) is 9.54. The van der Waals surface area contributed by atoms with Gasteiger partial charge in [-0.1, -0.05) is 31.9 Å². The molecule has 0 spiro atoms. The average Bonchev–Trinajstić information content (AvgIpc) is 2.42. The van der Waals surface area contributed by atoms with Gasteiger partial charge in [0, 0.05) is 18.6 Å². The maximum Gasteiger partial charge on any atom is 0.242 e. The fourth-order valence-corrected chi connectivity index (χ4v) is 3.84. The van der Waals surface area contributed by atoms with Crippen molar-refractivity contribution in [1.29, 1.82) is 0 Å². The van der Waals surface area contributed by atoms with E-state index in [2.05, 4.69) is 10.0 Å². The molecule has 0 amide bonds. The topological polar surface area (TPSA) is 84.2 Å². The number of hydrogen-bond donors (Lipinski definition) is 3. The summed E-state index contributed by atoms with van der Waals surface area (Å²) in [6.07, 6.45) is 4.25. The summed E-state index contributed by atoms with van der Waals surface area (Å²) in [7, 11) is -3.46. The third-order valence-electron chi connectivity index (χ3n) is 3.67. The molecular weight excluding hydrogens is 274 g/mol. The largest absolute Gasteiger partial charge is 0.380 e. The lowest BCUT2D eigenvalue weighted by Crippen LogP contribution is -2.43. The van der Waals surface area contributed by atoms with Gasteiger partial charge >= 0.3 is 0 Å². The molecule has 0 heterocycles. The van der Waals surface area contributed by atoms with Crippen LogP contribution in [0.5, 0.6) is 0 Å². The van der Waals surface area contributed by atoms with Gasteiger partial charge in [-0.25, -0.2) is 13.1 Å². The number of anilines is 1. The van der Waals surface area contributed by atoms with E-state index in [1.54, 1.807) is 25.1 Å². The van der Waals surface area contributed by atoms with Crippen LogP contribution in [0, 0.1) is 0 Å². The van der Waals surface area contributed by atoms with Crippen LogP contribution in [0.2, 0.25) is 0 Å². The molecule has 1 aliphatic rings. The van der Waals surface area contributed by atoms with E-state index in [9.17, 15) is 8.42 Å². The third kappa shape index (κ3) is 3.50. The van der Waals surface area contributed by atoms with Crippen molar-refractivity contribution in [3.63, 3.8) is 0 Å². The molecule has 2 rings (SSSR count). The van der Waals surface area contributed by atoms with Crippen molar-refractivity contribution < 1.29 is 8.42 Å². The summed E-state index contributed by atoms with van der Waals surface area (Å²) in [6.45, 7) is 2.14. The van der Waals surface area contributed by atoms with Crippen LogP contribution in [0.1, 0.15) is 32.6 Å². The quantitative estimate of drug-likeness (QED) is 0.772. The Morgan fingerprint density at radius 2 is 1.95 bits per heavy atom. The second-order valence-electron chi connectivity index (χ2n) is 5.20. The van der Waals surface area contributed by atoms with Crippen molar-refractivity contribution in [2.24, 2.45) is 5.73 Å². The zero-order chi connectivity index (χ0) is 14.6. The lowest BCUT2D eigenvalue weighted by atomic mass is 9.91. The lowest BCUT2D eigenvalue weighted by Gasteiger charge is -2.30. The molecule has 0 aromatic heterocycles. The summed E-state index contributed by atoms with van der Waals surface area (Å²) in [5.74, 6) is 0. The van der Waals surface area contributed by atoms with Crippen LogP contribution < -0.4 is 15.8 Å². The highest BCUT2D eigenvalue weighted by Gasteiger charge is 2.24. The molecular formula is C14H23N3O2S. The Morgan fingerprint density at radius 1 is 1.25 bits per heavy atom. The standard InChI is InChI=1S/C14H23N3O2S/c1-2-16-20(18,19)14-10-6-5-9-13(14)17-12-8-4-3-7-11(12)15/h5-6,9-12,16-17H,2-4,7-8,15H2,1H3. The summed E-state index contributed by atoms with van der Waals surface area (Å²) < 4.78 is 26.9. The molecule has 20 heavy (non-hydrogen) atoms. The minimum atomic E-state index is -3.46. The molecule has 112 valence electrons. The molecule has 0 bridgehead atoms. The Bertz CT molecular complexity index is 545. The van der Waals surface area contributed by atoms with Crippen molar-refractivity contribution in [2.75, 3.05) is 11.9 Å². The molecule has 1 saturated carbocycles. The van der Waals surface area contributed by atoms with Crippen molar-refractivity contribution in [3.8, 4) is 0 Å². The van der Waals surface area contributed by atoms with Gasteiger partial charge in [0.1, 0.15) is 4.90 Å². The first-order valence-electron chi connectivity index (χ1n) is 7.15. The van der Waals surface area contributed by atoms with E-state index in [1.165, 1.54) is 0 Å². The molecule has 1 fully saturated rings. The van der Waals surface area contributed by atoms with Gasteiger partial charge in [0.25, 0.3) is 0 Å². The van der Waals surface area contributed by atoms with Crippen molar-refractivity contribution in [1.82, 2.24) is 4.72 Å². The van der Waals surface area contributed by atoms with Crippen LogP contribution in [0.3, 0.4) is 0 Å². The Morgan fingerprint density at radius 3 is 2.65 bits per heavy atom. The van der Waals surface area contributed by atoms with E-state index in [0.29, 0.717) is 17.1 Å². The van der Waals surface area contributed by atoms with E-state index in [0.717, 1.165) is 25.7 Å². The van der Waals surface area contributed by atoms with Gasteiger partial charge in [-0.05, 0) is 25.0 Å². The number of benzene rings is 1. The number of hydrogen-bond acceptors (Lipinski definition) is 4. The monoisotopic (exact) mass is 297 g/mol. The maximum atomic E-state index is 12.2. The summed E-state index contributed by atoms with van der Waals surface area (Å²) in [6, 6.07) is 7.21. The Kier molecular flexibility index (Phi) is 5.01. The van der Waals surface area contributed by atoms with Gasteiger partial charge in [0.2, 0.25) is 10.0 Å². The minimum Gasteiger partial charge on any atom is -0.380 e. The highest BCUT2D eigenvalue weighted by molar-refractivity contribution is 7.89. The molecule has 1 aliphatic carbocycles. The fraction of sp³-hybridized carbons (Fsp3) is 0.571. The first-order valence-corrected chi connectivity index (χ1v) is 8.63. The van der Waals surface area contributed by atoms with Crippen molar-refractivity contribution in [3.05, 3.63) is 24.3 Å². The number of nitrogens with one attached hydrogen (secondary N) is 2. The molecule has 4 N–H and O–H groups in total. The van der Waals surface area contributed by atoms with Crippen LogP contribution in [-0.4, -0.2) is 27.0 Å². The van der Waals surface area contributed by atoms with Gasteiger partial charge in [-0.2, -0.15) is 0 Å². The van der Waals surface area contributed by atoms with Crippen molar-refractivity contribution in [2.45, 2.75) is 49.6 Å². The van der Waals surface area contributed by atoms with Crippen LogP contribution >= 0.6 is 0 Å². The molecule has 0 saturated heterocycles. The Balaban J connectivity index is 2.24. The van der Waals surface area contributed by atoms with E-state index in [1.807, 2.05) is 6.07 Å². The maximum absolute atomic E-state index is 12.2. The smallest absolute Gasteiger partial charge is 0.242 e. The molecule has 2 atom stereocenters. The molecule has 5 nitrogen and oxygen atoms in total. The normalized spacial score (nSPS) is 23.5. The minimum absolute atomic E-state index is 0.0821. The van der Waals surface area contributed by atoms with Crippen LogP contribution in [-0.2, 0) is 10.0 Å². The van der Waals surface area contributed by atoms with Crippen LogP contribution in [0.4, 0.5) is 5.69 Å². The Hall–Kier alpha value is -1.11. The predicted molar refractivity (Wildman–Crippen MR) is 81.2 cm³/mol. The van der Waals surface area contributed by atoms with Crippen molar-refractivity contribution >= 4 is 15.7 Å². The molecule has 1 aromatic carbocycles. The van der Waals surface area contributed by atoms with Gasteiger partial charge in [0.05, 0.1) is 5.69 Å². The van der Waals surface area contributed by atoms with E-state index in [4.69, 9.17) is 5.73 Å². The number of nitrogens with two attached hydrogens (primary N) is 1. The average molecular weight is 297 g/mol. The van der Waals surface area contributed by atoms with Gasteiger partial charge in [-0.15, -0.1) is 0 Å². The molecule has 1 aromatic rings. The van der Waals surface area contributed by atoms with Crippen LogP contribution in [0.15, 0.2) is 29.2 Å². The molecule has 6 heteroatoms. The summed E-state index contributed by atoms with van der Waals surface area (Å²) in [5.41, 5.74) is 6.75. The van der Waals surface area contributed by atoms with E-state index >= 15 is 0 Å². The second kappa shape index (κ2) is 6.56.